The fourth-order valence-electron chi connectivity index (χ4n) is 1.48. The molecule has 1 aromatic carbocycles. The molecule has 0 heterocycles. The van der Waals surface area contributed by atoms with Gasteiger partial charge in [0.2, 0.25) is 0 Å². The van der Waals surface area contributed by atoms with Crippen LogP contribution in [0, 0.1) is 0 Å². The Bertz CT molecular complexity index is 526. The van der Waals surface area contributed by atoms with Gasteiger partial charge in [0.05, 0.1) is 5.56 Å². The third-order valence-corrected chi connectivity index (χ3v) is 2.29. The SMILES string of the molecule is CC(C)(C)OC(=O)Nc1ccc(C(F)(F)F)cc1B(O)O. The molecule has 0 radical (unpaired) electrons. The Morgan fingerprint density at radius 1 is 1.24 bits per heavy atom. The molecule has 0 saturated heterocycles. The largest absolute Gasteiger partial charge is 0.490 e. The fraction of sp³-hybridized carbons (Fsp3) is 0.417. The molecule has 0 aromatic heterocycles. The molecule has 0 aliphatic carbocycles. The van der Waals surface area contributed by atoms with E-state index in [-0.39, 0.29) is 5.69 Å². The number of carbonyl (C=O) groups is 1. The summed E-state index contributed by atoms with van der Waals surface area (Å²) in [5.74, 6) is 0. The van der Waals surface area contributed by atoms with Gasteiger partial charge in [-0.2, -0.15) is 13.2 Å². The van der Waals surface area contributed by atoms with Crippen LogP contribution in [0.1, 0.15) is 26.3 Å². The van der Waals surface area contributed by atoms with Crippen molar-refractivity contribution in [3.05, 3.63) is 23.8 Å². The number of hydrogen-bond acceptors (Lipinski definition) is 4. The maximum atomic E-state index is 12.6. The summed E-state index contributed by atoms with van der Waals surface area (Å²) in [4.78, 5) is 11.6. The minimum Gasteiger partial charge on any atom is -0.444 e. The maximum absolute atomic E-state index is 12.6. The number of hydrogen-bond donors (Lipinski definition) is 3. The molecule has 1 aromatic rings. The van der Waals surface area contributed by atoms with E-state index in [0.29, 0.717) is 6.07 Å². The van der Waals surface area contributed by atoms with Crippen molar-refractivity contribution >= 4 is 24.4 Å². The van der Waals surface area contributed by atoms with Crippen molar-refractivity contribution in [3.63, 3.8) is 0 Å². The average Bonchev–Trinajstić information content (AvgIpc) is 2.24. The Morgan fingerprint density at radius 3 is 2.24 bits per heavy atom. The summed E-state index contributed by atoms with van der Waals surface area (Å²) in [6, 6.07) is 2.21. The molecule has 0 saturated carbocycles. The minimum atomic E-state index is -4.63. The highest BCUT2D eigenvalue weighted by atomic mass is 19.4. The predicted octanol–water partition coefficient (Wildman–Crippen LogP) is 1.73. The molecule has 0 spiro atoms. The lowest BCUT2D eigenvalue weighted by Crippen LogP contribution is -2.36. The zero-order chi connectivity index (χ0) is 16.4. The molecule has 1 amide bonds. The summed E-state index contributed by atoms with van der Waals surface area (Å²) in [5.41, 5.74) is -2.50. The molecule has 0 aliphatic heterocycles. The molecule has 9 heteroatoms. The molecular weight excluding hydrogens is 290 g/mol. The zero-order valence-corrected chi connectivity index (χ0v) is 11.7. The first kappa shape index (κ1) is 17.3. The van der Waals surface area contributed by atoms with Crippen LogP contribution in [-0.2, 0) is 10.9 Å². The zero-order valence-electron chi connectivity index (χ0n) is 11.7. The second-order valence-electron chi connectivity index (χ2n) is 5.30. The number of rotatable bonds is 2. The molecule has 0 bridgehead atoms. The van der Waals surface area contributed by atoms with Crippen LogP contribution in [0.5, 0.6) is 0 Å². The van der Waals surface area contributed by atoms with Crippen LogP contribution in [0.3, 0.4) is 0 Å². The summed E-state index contributed by atoms with van der Waals surface area (Å²) in [6.45, 7) is 4.84. The second kappa shape index (κ2) is 5.94. The van der Waals surface area contributed by atoms with Crippen molar-refractivity contribution < 1.29 is 32.8 Å². The standard InChI is InChI=1S/C12H15BF3NO4/c1-11(2,3)21-10(18)17-9-5-4-7(12(14,15)16)6-8(9)13(19)20/h4-6,19-20H,1-3H3,(H,17,18). The topological polar surface area (TPSA) is 78.8 Å². The van der Waals surface area contributed by atoms with Gasteiger partial charge < -0.3 is 14.8 Å². The molecule has 5 nitrogen and oxygen atoms in total. The van der Waals surface area contributed by atoms with E-state index in [2.05, 4.69) is 5.32 Å². The van der Waals surface area contributed by atoms with Gasteiger partial charge in [-0.25, -0.2) is 4.79 Å². The smallest absolute Gasteiger partial charge is 0.444 e. The van der Waals surface area contributed by atoms with E-state index in [4.69, 9.17) is 14.8 Å². The molecule has 1 rings (SSSR count). The van der Waals surface area contributed by atoms with E-state index in [0.717, 1.165) is 12.1 Å². The van der Waals surface area contributed by atoms with Crippen LogP contribution >= 0.6 is 0 Å². The number of benzene rings is 1. The Kier molecular flexibility index (Phi) is 4.90. The Labute approximate surface area is 119 Å². The lowest BCUT2D eigenvalue weighted by Gasteiger charge is -2.20. The summed E-state index contributed by atoms with van der Waals surface area (Å²) in [6.07, 6.45) is -5.54. The number of amides is 1. The van der Waals surface area contributed by atoms with Crippen molar-refractivity contribution in [3.8, 4) is 0 Å². The van der Waals surface area contributed by atoms with Crippen LogP contribution < -0.4 is 10.8 Å². The third-order valence-electron chi connectivity index (χ3n) is 2.29. The number of ether oxygens (including phenoxy) is 1. The number of halogens is 3. The van der Waals surface area contributed by atoms with E-state index in [1.165, 1.54) is 0 Å². The van der Waals surface area contributed by atoms with E-state index in [1.54, 1.807) is 20.8 Å². The van der Waals surface area contributed by atoms with Crippen LogP contribution in [0.2, 0.25) is 0 Å². The maximum Gasteiger partial charge on any atom is 0.490 e. The molecular formula is C12H15BF3NO4. The second-order valence-corrected chi connectivity index (χ2v) is 5.30. The van der Waals surface area contributed by atoms with Crippen molar-refractivity contribution in [2.24, 2.45) is 0 Å². The van der Waals surface area contributed by atoms with Gasteiger partial charge in [0.25, 0.3) is 0 Å². The molecule has 0 aliphatic rings. The Balaban J connectivity index is 3.05. The van der Waals surface area contributed by atoms with Gasteiger partial charge in [-0.3, -0.25) is 5.32 Å². The average molecular weight is 305 g/mol. The predicted molar refractivity (Wildman–Crippen MR) is 71.1 cm³/mol. The highest BCUT2D eigenvalue weighted by Gasteiger charge is 2.32. The van der Waals surface area contributed by atoms with Gasteiger partial charge >= 0.3 is 19.4 Å². The van der Waals surface area contributed by atoms with Crippen molar-refractivity contribution in [1.29, 1.82) is 0 Å². The third kappa shape index (κ3) is 5.28. The molecule has 3 N–H and O–H groups in total. The highest BCUT2D eigenvalue weighted by molar-refractivity contribution is 6.60. The lowest BCUT2D eigenvalue weighted by molar-refractivity contribution is -0.137. The summed E-state index contributed by atoms with van der Waals surface area (Å²) in [5, 5.41) is 20.5. The molecule has 0 atom stereocenters. The monoisotopic (exact) mass is 305 g/mol. The highest BCUT2D eigenvalue weighted by Crippen LogP contribution is 2.29. The van der Waals surface area contributed by atoms with Crippen LogP contribution in [0.15, 0.2) is 18.2 Å². The van der Waals surface area contributed by atoms with Gasteiger partial charge in [-0.15, -0.1) is 0 Å². The summed E-state index contributed by atoms with van der Waals surface area (Å²) >= 11 is 0. The van der Waals surface area contributed by atoms with E-state index >= 15 is 0 Å². The van der Waals surface area contributed by atoms with Crippen LogP contribution in [0.25, 0.3) is 0 Å². The Morgan fingerprint density at radius 2 is 1.81 bits per heavy atom. The quantitative estimate of drug-likeness (QED) is 0.727. The number of carbonyl (C=O) groups excluding carboxylic acids is 1. The van der Waals surface area contributed by atoms with Gasteiger partial charge in [0.15, 0.2) is 0 Å². The van der Waals surface area contributed by atoms with Crippen molar-refractivity contribution in [2.45, 2.75) is 32.5 Å². The van der Waals surface area contributed by atoms with E-state index < -0.39 is 36.0 Å². The van der Waals surface area contributed by atoms with Crippen LogP contribution in [-0.4, -0.2) is 28.9 Å². The molecule has 21 heavy (non-hydrogen) atoms. The summed E-state index contributed by atoms with van der Waals surface area (Å²) in [7, 11) is -2.17. The molecule has 0 unspecified atom stereocenters. The van der Waals surface area contributed by atoms with E-state index in [9.17, 15) is 18.0 Å². The summed E-state index contributed by atoms with van der Waals surface area (Å²) < 4.78 is 42.7. The first-order valence-electron chi connectivity index (χ1n) is 5.97. The minimum absolute atomic E-state index is 0.174. The molecule has 0 fully saturated rings. The van der Waals surface area contributed by atoms with Gasteiger partial charge in [0.1, 0.15) is 5.60 Å². The van der Waals surface area contributed by atoms with E-state index in [1.807, 2.05) is 0 Å². The van der Waals surface area contributed by atoms with Crippen molar-refractivity contribution in [1.82, 2.24) is 0 Å². The first-order chi connectivity index (χ1) is 9.40. The number of nitrogens with one attached hydrogen (secondary N) is 1. The lowest BCUT2D eigenvalue weighted by atomic mass is 9.78. The normalized spacial score (nSPS) is 12.0. The number of anilines is 1. The van der Waals surface area contributed by atoms with Crippen LogP contribution in [0.4, 0.5) is 23.7 Å². The Hall–Kier alpha value is -1.74. The first-order valence-corrected chi connectivity index (χ1v) is 5.97. The van der Waals surface area contributed by atoms with Crippen molar-refractivity contribution in [2.75, 3.05) is 5.32 Å². The van der Waals surface area contributed by atoms with Gasteiger partial charge in [0, 0.05) is 11.2 Å². The van der Waals surface area contributed by atoms with Gasteiger partial charge in [-0.1, -0.05) is 0 Å². The molecule has 116 valence electrons. The fourth-order valence-corrected chi connectivity index (χ4v) is 1.48. The number of alkyl halides is 3. The van der Waals surface area contributed by atoms with Gasteiger partial charge in [-0.05, 0) is 39.0 Å².